The Morgan fingerprint density at radius 2 is 2.05 bits per heavy atom. The van der Waals surface area contributed by atoms with Gasteiger partial charge in [0, 0.05) is 32.6 Å². The van der Waals surface area contributed by atoms with Gasteiger partial charge >= 0.3 is 0 Å². The lowest BCUT2D eigenvalue weighted by Gasteiger charge is -2.38. The second-order valence-electron chi connectivity index (χ2n) is 5.83. The molecule has 0 aromatic carbocycles. The summed E-state index contributed by atoms with van der Waals surface area (Å²) >= 11 is 0. The van der Waals surface area contributed by atoms with E-state index in [1.54, 1.807) is 6.92 Å². The zero-order valence-electron chi connectivity index (χ0n) is 12.0. The van der Waals surface area contributed by atoms with Crippen LogP contribution in [0.3, 0.4) is 0 Å². The average Bonchev–Trinajstić information content (AvgIpc) is 2.88. The van der Waals surface area contributed by atoms with Crippen LogP contribution in [0.4, 0.5) is 0 Å². The fourth-order valence-electron chi connectivity index (χ4n) is 3.23. The molecule has 0 spiro atoms. The number of hydrogen-bond donors (Lipinski definition) is 2. The topological polar surface area (TPSA) is 61.4 Å². The van der Waals surface area contributed by atoms with E-state index in [4.69, 9.17) is 0 Å². The van der Waals surface area contributed by atoms with Crippen LogP contribution in [0, 0.1) is 5.41 Å². The Morgan fingerprint density at radius 1 is 1.37 bits per heavy atom. The van der Waals surface area contributed by atoms with E-state index in [1.165, 1.54) is 0 Å². The molecule has 5 heteroatoms. The van der Waals surface area contributed by atoms with Crippen LogP contribution in [0.15, 0.2) is 0 Å². The number of piperidine rings is 1. The minimum atomic E-state index is -0.180. The summed E-state index contributed by atoms with van der Waals surface area (Å²) in [6.07, 6.45) is 3.61. The molecule has 2 heterocycles. The van der Waals surface area contributed by atoms with E-state index < -0.39 is 0 Å². The second kappa shape index (κ2) is 5.90. The summed E-state index contributed by atoms with van der Waals surface area (Å²) in [6.45, 7) is 6.95. The Labute approximate surface area is 115 Å². The molecular formula is C14H25N3O2. The third-order valence-electron chi connectivity index (χ3n) is 4.56. The standard InChI is InChI=1S/C14H25N3O2/c1-3-14(6-7-15-10-14)13(19)17-8-4-12(5-9-17)16-11(2)18/h12,15H,3-10H2,1-2H3,(H,16,18). The monoisotopic (exact) mass is 267 g/mol. The van der Waals surface area contributed by atoms with Crippen molar-refractivity contribution in [1.82, 2.24) is 15.5 Å². The van der Waals surface area contributed by atoms with Crippen molar-refractivity contribution in [2.75, 3.05) is 26.2 Å². The highest BCUT2D eigenvalue weighted by atomic mass is 16.2. The Morgan fingerprint density at radius 3 is 2.53 bits per heavy atom. The van der Waals surface area contributed by atoms with Gasteiger partial charge in [-0.15, -0.1) is 0 Å². The molecule has 2 amide bonds. The number of nitrogens with zero attached hydrogens (tertiary/aromatic N) is 1. The molecule has 0 aromatic heterocycles. The van der Waals surface area contributed by atoms with Gasteiger partial charge in [0.15, 0.2) is 0 Å². The molecular weight excluding hydrogens is 242 g/mol. The maximum absolute atomic E-state index is 12.7. The van der Waals surface area contributed by atoms with Crippen LogP contribution in [-0.2, 0) is 9.59 Å². The van der Waals surface area contributed by atoms with Gasteiger partial charge < -0.3 is 15.5 Å². The van der Waals surface area contributed by atoms with E-state index in [2.05, 4.69) is 17.6 Å². The maximum Gasteiger partial charge on any atom is 0.230 e. The van der Waals surface area contributed by atoms with E-state index >= 15 is 0 Å². The molecule has 1 atom stereocenters. The lowest BCUT2D eigenvalue weighted by Crippen LogP contribution is -2.51. The fraction of sp³-hybridized carbons (Fsp3) is 0.857. The van der Waals surface area contributed by atoms with Gasteiger partial charge in [0.25, 0.3) is 0 Å². The lowest BCUT2D eigenvalue weighted by molar-refractivity contribution is -0.142. The first-order valence-electron chi connectivity index (χ1n) is 7.34. The summed E-state index contributed by atoms with van der Waals surface area (Å²) < 4.78 is 0. The van der Waals surface area contributed by atoms with Gasteiger partial charge in [-0.2, -0.15) is 0 Å². The summed E-state index contributed by atoms with van der Waals surface area (Å²) in [4.78, 5) is 25.7. The number of carbonyl (C=O) groups is 2. The zero-order valence-corrected chi connectivity index (χ0v) is 12.0. The maximum atomic E-state index is 12.7. The van der Waals surface area contributed by atoms with Crippen LogP contribution >= 0.6 is 0 Å². The lowest BCUT2D eigenvalue weighted by atomic mass is 9.82. The van der Waals surface area contributed by atoms with Crippen LogP contribution in [0.25, 0.3) is 0 Å². The van der Waals surface area contributed by atoms with Crippen molar-refractivity contribution in [1.29, 1.82) is 0 Å². The third-order valence-corrected chi connectivity index (χ3v) is 4.56. The van der Waals surface area contributed by atoms with Crippen molar-refractivity contribution in [2.24, 2.45) is 5.41 Å². The first-order chi connectivity index (χ1) is 9.07. The van der Waals surface area contributed by atoms with Crippen LogP contribution in [0.2, 0.25) is 0 Å². The van der Waals surface area contributed by atoms with Crippen molar-refractivity contribution >= 4 is 11.8 Å². The van der Waals surface area contributed by atoms with E-state index in [9.17, 15) is 9.59 Å². The van der Waals surface area contributed by atoms with E-state index in [-0.39, 0.29) is 17.4 Å². The van der Waals surface area contributed by atoms with Crippen LogP contribution in [-0.4, -0.2) is 48.9 Å². The largest absolute Gasteiger partial charge is 0.353 e. The van der Waals surface area contributed by atoms with Crippen LogP contribution < -0.4 is 10.6 Å². The molecule has 2 saturated heterocycles. The van der Waals surface area contributed by atoms with Crippen LogP contribution in [0.1, 0.15) is 39.5 Å². The first-order valence-corrected chi connectivity index (χ1v) is 7.34. The summed E-state index contributed by atoms with van der Waals surface area (Å²) in [5.74, 6) is 0.330. The molecule has 19 heavy (non-hydrogen) atoms. The Kier molecular flexibility index (Phi) is 4.45. The molecule has 0 aromatic rings. The van der Waals surface area contributed by atoms with Crippen molar-refractivity contribution < 1.29 is 9.59 Å². The molecule has 0 radical (unpaired) electrons. The first kappa shape index (κ1) is 14.3. The summed E-state index contributed by atoms with van der Waals surface area (Å²) in [5.41, 5.74) is -0.180. The van der Waals surface area contributed by atoms with Crippen molar-refractivity contribution in [3.8, 4) is 0 Å². The van der Waals surface area contributed by atoms with Crippen molar-refractivity contribution in [3.63, 3.8) is 0 Å². The zero-order chi connectivity index (χ0) is 13.9. The average molecular weight is 267 g/mol. The van der Waals surface area contributed by atoms with E-state index in [1.807, 2.05) is 4.90 Å². The highest BCUT2D eigenvalue weighted by Gasteiger charge is 2.42. The van der Waals surface area contributed by atoms with Gasteiger partial charge in [-0.25, -0.2) is 0 Å². The number of hydrogen-bond acceptors (Lipinski definition) is 3. The van der Waals surface area contributed by atoms with Gasteiger partial charge in [0.2, 0.25) is 11.8 Å². The summed E-state index contributed by atoms with van der Waals surface area (Å²) in [7, 11) is 0. The highest BCUT2D eigenvalue weighted by molar-refractivity contribution is 5.83. The number of carbonyl (C=O) groups excluding carboxylic acids is 2. The van der Waals surface area contributed by atoms with Gasteiger partial charge in [0.1, 0.15) is 0 Å². The Balaban J connectivity index is 1.90. The van der Waals surface area contributed by atoms with Gasteiger partial charge in [-0.1, -0.05) is 6.92 Å². The molecule has 1 unspecified atom stereocenters. The molecule has 0 bridgehead atoms. The highest BCUT2D eigenvalue weighted by Crippen LogP contribution is 2.32. The molecule has 2 aliphatic rings. The van der Waals surface area contributed by atoms with Gasteiger partial charge in [-0.3, -0.25) is 9.59 Å². The minimum Gasteiger partial charge on any atom is -0.353 e. The molecule has 2 N–H and O–H groups in total. The summed E-state index contributed by atoms with van der Waals surface area (Å²) in [5, 5.41) is 6.26. The second-order valence-corrected chi connectivity index (χ2v) is 5.83. The molecule has 0 saturated carbocycles. The summed E-state index contributed by atoms with van der Waals surface area (Å²) in [6, 6.07) is 0.237. The number of nitrogens with one attached hydrogen (secondary N) is 2. The fourth-order valence-corrected chi connectivity index (χ4v) is 3.23. The number of rotatable bonds is 3. The van der Waals surface area contributed by atoms with Gasteiger partial charge in [0.05, 0.1) is 5.41 Å². The van der Waals surface area contributed by atoms with E-state index in [0.29, 0.717) is 5.91 Å². The molecule has 2 rings (SSSR count). The SMILES string of the molecule is CCC1(C(=O)N2CCC(NC(C)=O)CC2)CCNC1. The molecule has 108 valence electrons. The molecule has 5 nitrogen and oxygen atoms in total. The minimum absolute atomic E-state index is 0.0230. The Bertz CT molecular complexity index is 343. The molecule has 0 aliphatic carbocycles. The third kappa shape index (κ3) is 3.08. The van der Waals surface area contributed by atoms with Crippen molar-refractivity contribution in [3.05, 3.63) is 0 Å². The van der Waals surface area contributed by atoms with Gasteiger partial charge in [-0.05, 0) is 32.2 Å². The smallest absolute Gasteiger partial charge is 0.230 e. The molecule has 2 aliphatic heterocycles. The number of likely N-dealkylation sites (tertiary alicyclic amines) is 1. The number of amides is 2. The van der Waals surface area contributed by atoms with Crippen molar-refractivity contribution in [2.45, 2.75) is 45.6 Å². The van der Waals surface area contributed by atoms with E-state index in [0.717, 1.165) is 51.9 Å². The molecule has 2 fully saturated rings. The quantitative estimate of drug-likeness (QED) is 0.783. The predicted molar refractivity (Wildman–Crippen MR) is 73.6 cm³/mol. The van der Waals surface area contributed by atoms with Crippen LogP contribution in [0.5, 0.6) is 0 Å². The normalized spacial score (nSPS) is 28.4. The predicted octanol–water partition coefficient (Wildman–Crippen LogP) is 0.503. The Hall–Kier alpha value is -1.10.